The first kappa shape index (κ1) is 20.5. The van der Waals surface area contributed by atoms with E-state index in [0.717, 1.165) is 0 Å². The summed E-state index contributed by atoms with van der Waals surface area (Å²) >= 11 is 0. The molecule has 0 atom stereocenters. The van der Waals surface area contributed by atoms with Gasteiger partial charge >= 0.3 is 21.1 Å². The average molecular weight is 539 g/mol. The second kappa shape index (κ2) is 10.3. The monoisotopic (exact) mass is 539 g/mol. The molecule has 4 rings (SSSR count). The predicted molar refractivity (Wildman–Crippen MR) is 99.1 cm³/mol. The zero-order chi connectivity index (χ0) is 18.2. The Bertz CT molecular complexity index is 842. The van der Waals surface area contributed by atoms with E-state index in [0.29, 0.717) is 35.7 Å². The number of hydrogen-bond acceptors (Lipinski definition) is 6. The fraction of sp³-hybridized carbons (Fsp3) is 0.100. The van der Waals surface area contributed by atoms with Gasteiger partial charge in [-0.25, -0.2) is 0 Å². The van der Waals surface area contributed by atoms with Gasteiger partial charge in [0.2, 0.25) is 0 Å². The molecular formula is C20H16N4O2Pt+2. The van der Waals surface area contributed by atoms with Gasteiger partial charge in [0.25, 0.3) is 0 Å². The van der Waals surface area contributed by atoms with Crippen molar-refractivity contribution in [3.63, 3.8) is 0 Å². The number of carbonyl (C=O) groups is 2. The molecule has 4 heterocycles. The van der Waals surface area contributed by atoms with Gasteiger partial charge in [0, 0.05) is 37.6 Å². The number of carbonyl (C=O) groups excluding carboxylic acids is 2. The maximum atomic E-state index is 11.4. The summed E-state index contributed by atoms with van der Waals surface area (Å²) in [5.41, 5.74) is 2.22. The van der Waals surface area contributed by atoms with E-state index in [1.165, 1.54) is 0 Å². The van der Waals surface area contributed by atoms with Crippen LogP contribution in [0.2, 0.25) is 0 Å². The second-order valence-electron chi connectivity index (χ2n) is 5.41. The topological polar surface area (TPSA) is 84.6 Å². The fourth-order valence-corrected chi connectivity index (χ4v) is 2.33. The van der Waals surface area contributed by atoms with Crippen LogP contribution in [0, 0.1) is 0 Å². The molecular weight excluding hydrogens is 523 g/mol. The number of Topliss-reactive ketones (excluding diaryl/α,β-unsaturated/α-hetero) is 2. The van der Waals surface area contributed by atoms with E-state index in [2.05, 4.69) is 20.0 Å². The molecule has 6 nitrogen and oxygen atoms in total. The third-order valence-corrected chi connectivity index (χ3v) is 3.57. The van der Waals surface area contributed by atoms with Crippen molar-refractivity contribution >= 4 is 23.0 Å². The maximum Gasteiger partial charge on any atom is 2.00 e. The zero-order valence-corrected chi connectivity index (χ0v) is 16.5. The van der Waals surface area contributed by atoms with Crippen molar-refractivity contribution in [2.24, 2.45) is 9.98 Å². The number of pyridine rings is 2. The average Bonchev–Trinajstić information content (AvgIpc) is 2.71. The molecule has 2 aromatic rings. The van der Waals surface area contributed by atoms with Crippen molar-refractivity contribution in [2.45, 2.75) is 12.8 Å². The van der Waals surface area contributed by atoms with Crippen LogP contribution in [-0.4, -0.2) is 33.0 Å². The van der Waals surface area contributed by atoms with Crippen LogP contribution in [0.5, 0.6) is 0 Å². The molecule has 0 N–H and O–H groups in total. The molecule has 0 saturated heterocycles. The van der Waals surface area contributed by atoms with E-state index in [4.69, 9.17) is 0 Å². The van der Waals surface area contributed by atoms with Crippen molar-refractivity contribution in [3.05, 3.63) is 84.7 Å². The van der Waals surface area contributed by atoms with E-state index in [1.807, 2.05) is 24.3 Å². The fourth-order valence-electron chi connectivity index (χ4n) is 2.33. The number of ketones is 2. The molecule has 0 spiro atoms. The summed E-state index contributed by atoms with van der Waals surface area (Å²) in [6, 6.07) is 10.9. The Morgan fingerprint density at radius 1 is 0.667 bits per heavy atom. The smallest absolute Gasteiger partial charge is 0.292 e. The normalized spacial score (nSPS) is 15.1. The minimum atomic E-state index is 0. The molecule has 7 heteroatoms. The van der Waals surface area contributed by atoms with E-state index >= 15 is 0 Å². The molecule has 136 valence electrons. The van der Waals surface area contributed by atoms with Gasteiger partial charge in [-0.2, -0.15) is 0 Å². The summed E-state index contributed by atoms with van der Waals surface area (Å²) in [7, 11) is 0. The number of allylic oxidation sites excluding steroid dienone is 2. The van der Waals surface area contributed by atoms with Gasteiger partial charge in [-0.05, 0) is 24.3 Å². The number of aromatic nitrogens is 2. The third kappa shape index (κ3) is 5.56. The van der Waals surface area contributed by atoms with Crippen molar-refractivity contribution in [2.75, 3.05) is 0 Å². The van der Waals surface area contributed by atoms with Crippen molar-refractivity contribution in [3.8, 4) is 0 Å². The molecule has 0 saturated carbocycles. The van der Waals surface area contributed by atoms with Gasteiger partial charge in [0.1, 0.15) is 11.4 Å². The maximum absolute atomic E-state index is 11.4. The molecule has 0 amide bonds. The number of hydrogen-bond donors (Lipinski definition) is 0. The Morgan fingerprint density at radius 3 is 1.44 bits per heavy atom. The SMILES string of the molecule is O=C1CC=CN=C1c1ccccn1.O=C1CC=CN=C1c1ccccn1.[Pt+2]. The van der Waals surface area contributed by atoms with Crippen LogP contribution in [0.1, 0.15) is 24.2 Å². The van der Waals surface area contributed by atoms with Crippen LogP contribution >= 0.6 is 0 Å². The molecule has 0 bridgehead atoms. The van der Waals surface area contributed by atoms with Gasteiger partial charge in [-0.3, -0.25) is 29.5 Å². The van der Waals surface area contributed by atoms with Gasteiger partial charge < -0.3 is 0 Å². The van der Waals surface area contributed by atoms with Gasteiger partial charge in [0.05, 0.1) is 11.4 Å². The summed E-state index contributed by atoms with van der Waals surface area (Å²) in [4.78, 5) is 38.9. The molecule has 0 fully saturated rings. The minimum absolute atomic E-state index is 0. The molecule has 2 aliphatic rings. The van der Waals surface area contributed by atoms with Crippen LogP contribution in [-0.2, 0) is 30.7 Å². The van der Waals surface area contributed by atoms with Gasteiger partial charge in [-0.1, -0.05) is 24.3 Å². The standard InChI is InChI=1S/2C10H8N2O.Pt/c2*13-9-5-3-7-12-10(9)8-4-1-2-6-11-8;/h2*1-4,6-7H,5H2;/q;;+2. The van der Waals surface area contributed by atoms with E-state index in [9.17, 15) is 9.59 Å². The van der Waals surface area contributed by atoms with Crippen LogP contribution in [0.15, 0.2) is 83.3 Å². The first-order chi connectivity index (χ1) is 12.8. The molecule has 0 radical (unpaired) electrons. The van der Waals surface area contributed by atoms with E-state index < -0.39 is 0 Å². The zero-order valence-electron chi connectivity index (χ0n) is 14.3. The molecule has 2 aromatic heterocycles. The number of aliphatic imine (C=N–C) groups is 2. The van der Waals surface area contributed by atoms with Crippen molar-refractivity contribution < 1.29 is 30.7 Å². The minimum Gasteiger partial charge on any atom is -0.292 e. The van der Waals surface area contributed by atoms with Crippen molar-refractivity contribution in [1.29, 1.82) is 0 Å². The van der Waals surface area contributed by atoms with Crippen LogP contribution in [0.25, 0.3) is 0 Å². The van der Waals surface area contributed by atoms with Gasteiger partial charge in [-0.15, -0.1) is 0 Å². The third-order valence-electron chi connectivity index (χ3n) is 3.57. The Balaban J connectivity index is 0.000000187. The summed E-state index contributed by atoms with van der Waals surface area (Å²) in [5.74, 6) is 0.0578. The summed E-state index contributed by atoms with van der Waals surface area (Å²) < 4.78 is 0. The van der Waals surface area contributed by atoms with Crippen LogP contribution in [0.4, 0.5) is 0 Å². The van der Waals surface area contributed by atoms with Crippen molar-refractivity contribution in [1.82, 2.24) is 9.97 Å². The summed E-state index contributed by atoms with van der Waals surface area (Å²) in [5, 5.41) is 0. The largest absolute Gasteiger partial charge is 2.00 e. The first-order valence-corrected chi connectivity index (χ1v) is 8.10. The Kier molecular flexibility index (Phi) is 7.83. The molecule has 27 heavy (non-hydrogen) atoms. The Hall–Kier alpha value is -2.85. The second-order valence-corrected chi connectivity index (χ2v) is 5.41. The first-order valence-electron chi connectivity index (χ1n) is 8.10. The molecule has 0 unspecified atom stereocenters. The van der Waals surface area contributed by atoms with Crippen LogP contribution < -0.4 is 0 Å². The van der Waals surface area contributed by atoms with E-state index in [1.54, 1.807) is 49.1 Å². The van der Waals surface area contributed by atoms with E-state index in [-0.39, 0.29) is 32.6 Å². The Morgan fingerprint density at radius 2 is 1.11 bits per heavy atom. The molecule has 0 aliphatic carbocycles. The quantitative estimate of drug-likeness (QED) is 0.588. The summed E-state index contributed by atoms with van der Waals surface area (Å²) in [6.07, 6.45) is 10.9. The van der Waals surface area contributed by atoms with Crippen LogP contribution in [0.3, 0.4) is 0 Å². The summed E-state index contributed by atoms with van der Waals surface area (Å²) in [6.45, 7) is 0. The predicted octanol–water partition coefficient (Wildman–Crippen LogP) is 2.71. The molecule has 0 aromatic carbocycles. The number of nitrogens with zero attached hydrogens (tertiary/aromatic N) is 4. The van der Waals surface area contributed by atoms with Gasteiger partial charge in [0.15, 0.2) is 11.6 Å². The molecule has 2 aliphatic heterocycles. The number of rotatable bonds is 2. The Labute approximate surface area is 171 Å².